The lowest BCUT2D eigenvalue weighted by Gasteiger charge is -2.07. The molecule has 3 N–H and O–H groups in total. The number of hydrogen-bond acceptors (Lipinski definition) is 5. The second-order valence-electron chi connectivity index (χ2n) is 6.16. The second-order valence-corrected chi connectivity index (χ2v) is 6.16. The first-order valence-electron chi connectivity index (χ1n) is 8.60. The molecule has 0 radical (unpaired) electrons. The van der Waals surface area contributed by atoms with E-state index in [1.165, 1.54) is 0 Å². The van der Waals surface area contributed by atoms with Crippen molar-refractivity contribution in [1.82, 2.24) is 19.7 Å². The Morgan fingerprint density at radius 3 is 2.70 bits per heavy atom. The second kappa shape index (κ2) is 6.95. The minimum atomic E-state index is -0.269. The smallest absolute Gasteiger partial charge is 0.271 e. The first-order chi connectivity index (χ1) is 13.2. The summed E-state index contributed by atoms with van der Waals surface area (Å²) in [5, 5.41) is 2.89. The van der Waals surface area contributed by atoms with Gasteiger partial charge >= 0.3 is 0 Å². The largest absolute Gasteiger partial charge is 0.497 e. The normalized spacial score (nSPS) is 11.0. The fourth-order valence-corrected chi connectivity index (χ4v) is 3.00. The number of methoxy groups -OCH3 is 1. The number of imidazole rings is 1. The van der Waals surface area contributed by atoms with Crippen molar-refractivity contribution in [3.05, 3.63) is 66.0 Å². The molecular formula is C20H19N5O2. The number of nitrogen functional groups attached to an aromatic ring is 1. The molecular weight excluding hydrogens is 342 g/mol. The lowest BCUT2D eigenvalue weighted by Crippen LogP contribution is -2.27. The molecule has 7 nitrogen and oxygen atoms in total. The van der Waals surface area contributed by atoms with Crippen LogP contribution in [0.3, 0.4) is 0 Å². The van der Waals surface area contributed by atoms with E-state index in [9.17, 15) is 4.79 Å². The maximum absolute atomic E-state index is 12.5. The number of hydrogen-bond donors (Lipinski definition) is 2. The minimum Gasteiger partial charge on any atom is -0.497 e. The molecule has 7 heteroatoms. The van der Waals surface area contributed by atoms with Crippen molar-refractivity contribution in [3.63, 3.8) is 0 Å². The standard InChI is InChI=1S/C20H19N5O2/c1-27-14-8-6-13(7-9-14)10-11-22-20(26)16-12-25-17-5-3-2-4-15(17)24-19(25)18(21)23-16/h2-9,12H,10-11H2,1H3,(H2,21,23)(H,22,26). The van der Waals surface area contributed by atoms with Crippen LogP contribution in [-0.2, 0) is 6.42 Å². The fourth-order valence-electron chi connectivity index (χ4n) is 3.00. The Hall–Kier alpha value is -3.61. The number of amides is 1. The topological polar surface area (TPSA) is 94.5 Å². The molecule has 0 atom stereocenters. The van der Waals surface area contributed by atoms with Crippen molar-refractivity contribution >= 4 is 28.4 Å². The van der Waals surface area contributed by atoms with Gasteiger partial charge in [-0.05, 0) is 36.2 Å². The summed E-state index contributed by atoms with van der Waals surface area (Å²) in [5.74, 6) is 0.771. The predicted octanol–water partition coefficient (Wildman–Crippen LogP) is 2.45. The highest BCUT2D eigenvalue weighted by atomic mass is 16.5. The molecule has 0 bridgehead atoms. The van der Waals surface area contributed by atoms with E-state index in [1.807, 2.05) is 48.5 Å². The van der Waals surface area contributed by atoms with E-state index in [0.717, 1.165) is 22.3 Å². The highest BCUT2D eigenvalue weighted by Gasteiger charge is 2.14. The van der Waals surface area contributed by atoms with Crippen LogP contribution in [0.2, 0.25) is 0 Å². The van der Waals surface area contributed by atoms with Gasteiger partial charge in [-0.2, -0.15) is 0 Å². The number of aromatic nitrogens is 3. The van der Waals surface area contributed by atoms with Crippen molar-refractivity contribution < 1.29 is 9.53 Å². The van der Waals surface area contributed by atoms with Crippen LogP contribution >= 0.6 is 0 Å². The third-order valence-electron chi connectivity index (χ3n) is 4.41. The summed E-state index contributed by atoms with van der Waals surface area (Å²) in [5.41, 5.74) is 9.63. The van der Waals surface area contributed by atoms with Crippen molar-refractivity contribution in [1.29, 1.82) is 0 Å². The number of nitrogens with zero attached hydrogens (tertiary/aromatic N) is 3. The molecule has 27 heavy (non-hydrogen) atoms. The Balaban J connectivity index is 1.51. The number of nitrogens with two attached hydrogens (primary N) is 1. The summed E-state index contributed by atoms with van der Waals surface area (Å²) in [6.07, 6.45) is 2.38. The van der Waals surface area contributed by atoms with Crippen molar-refractivity contribution in [3.8, 4) is 5.75 Å². The van der Waals surface area contributed by atoms with E-state index >= 15 is 0 Å². The predicted molar refractivity (Wildman–Crippen MR) is 104 cm³/mol. The lowest BCUT2D eigenvalue weighted by atomic mass is 10.1. The molecule has 0 aliphatic heterocycles. The van der Waals surface area contributed by atoms with E-state index in [0.29, 0.717) is 18.6 Å². The molecule has 0 saturated heterocycles. The van der Waals surface area contributed by atoms with E-state index < -0.39 is 0 Å². The van der Waals surface area contributed by atoms with Gasteiger partial charge in [0.15, 0.2) is 11.5 Å². The van der Waals surface area contributed by atoms with E-state index in [-0.39, 0.29) is 17.4 Å². The first kappa shape index (κ1) is 16.8. The molecule has 0 aliphatic rings. The number of ether oxygens (including phenoxy) is 1. The van der Waals surface area contributed by atoms with Crippen LogP contribution in [0, 0.1) is 0 Å². The van der Waals surface area contributed by atoms with Crippen molar-refractivity contribution in [2.24, 2.45) is 0 Å². The Bertz CT molecular complexity index is 1120. The highest BCUT2D eigenvalue weighted by Crippen LogP contribution is 2.20. The van der Waals surface area contributed by atoms with Gasteiger partial charge in [-0.3, -0.25) is 9.20 Å². The number of carbonyl (C=O) groups excluding carboxylic acids is 1. The van der Waals surface area contributed by atoms with Crippen LogP contribution in [0.25, 0.3) is 16.7 Å². The summed E-state index contributed by atoms with van der Waals surface area (Å²) < 4.78 is 6.94. The average Bonchev–Trinajstić information content (AvgIpc) is 3.08. The van der Waals surface area contributed by atoms with Gasteiger partial charge in [-0.1, -0.05) is 24.3 Å². The van der Waals surface area contributed by atoms with Crippen LogP contribution in [0.1, 0.15) is 16.1 Å². The molecule has 4 rings (SSSR count). The number of rotatable bonds is 5. The Morgan fingerprint density at radius 2 is 1.93 bits per heavy atom. The maximum Gasteiger partial charge on any atom is 0.271 e. The summed E-state index contributed by atoms with van der Waals surface area (Å²) in [4.78, 5) is 21.2. The molecule has 0 spiro atoms. The Labute approximate surface area is 155 Å². The Kier molecular flexibility index (Phi) is 4.33. The molecule has 0 saturated carbocycles. The van der Waals surface area contributed by atoms with Crippen LogP contribution in [0.4, 0.5) is 5.82 Å². The molecule has 1 amide bonds. The molecule has 2 heterocycles. The van der Waals surface area contributed by atoms with Gasteiger partial charge in [-0.15, -0.1) is 0 Å². The summed E-state index contributed by atoms with van der Waals surface area (Å²) in [6.45, 7) is 0.495. The number of anilines is 1. The Morgan fingerprint density at radius 1 is 1.15 bits per heavy atom. The zero-order valence-corrected chi connectivity index (χ0v) is 14.8. The van der Waals surface area contributed by atoms with Gasteiger partial charge in [0.25, 0.3) is 5.91 Å². The SMILES string of the molecule is COc1ccc(CCNC(=O)c2cn3c(nc4ccccc43)c(N)n2)cc1. The highest BCUT2D eigenvalue weighted by molar-refractivity contribution is 5.94. The molecule has 2 aromatic heterocycles. The van der Waals surface area contributed by atoms with Crippen LogP contribution in [-0.4, -0.2) is 33.9 Å². The summed E-state index contributed by atoms with van der Waals surface area (Å²) in [7, 11) is 1.63. The number of para-hydroxylation sites is 2. The average molecular weight is 361 g/mol. The van der Waals surface area contributed by atoms with Crippen molar-refractivity contribution in [2.75, 3.05) is 19.4 Å². The van der Waals surface area contributed by atoms with Gasteiger partial charge in [0.05, 0.1) is 18.1 Å². The third kappa shape index (κ3) is 3.27. The molecule has 4 aromatic rings. The minimum absolute atomic E-state index is 0.231. The number of carbonyl (C=O) groups is 1. The maximum atomic E-state index is 12.5. The van der Waals surface area contributed by atoms with Crippen LogP contribution in [0.5, 0.6) is 5.75 Å². The van der Waals surface area contributed by atoms with Gasteiger partial charge < -0.3 is 15.8 Å². The van der Waals surface area contributed by atoms with E-state index in [2.05, 4.69) is 15.3 Å². The van der Waals surface area contributed by atoms with Crippen LogP contribution < -0.4 is 15.8 Å². The van der Waals surface area contributed by atoms with E-state index in [1.54, 1.807) is 17.7 Å². The number of fused-ring (bicyclic) bond motifs is 3. The molecule has 136 valence electrons. The summed E-state index contributed by atoms with van der Waals surface area (Å²) >= 11 is 0. The fraction of sp³-hybridized carbons (Fsp3) is 0.150. The van der Waals surface area contributed by atoms with Gasteiger partial charge in [0, 0.05) is 12.7 Å². The first-order valence-corrected chi connectivity index (χ1v) is 8.60. The van der Waals surface area contributed by atoms with Gasteiger partial charge in [-0.25, -0.2) is 9.97 Å². The number of benzene rings is 2. The van der Waals surface area contributed by atoms with Crippen molar-refractivity contribution in [2.45, 2.75) is 6.42 Å². The summed E-state index contributed by atoms with van der Waals surface area (Å²) in [6, 6.07) is 15.4. The molecule has 2 aromatic carbocycles. The van der Waals surface area contributed by atoms with Gasteiger partial charge in [0.2, 0.25) is 0 Å². The van der Waals surface area contributed by atoms with Gasteiger partial charge in [0.1, 0.15) is 11.4 Å². The molecule has 0 aliphatic carbocycles. The quantitative estimate of drug-likeness (QED) is 0.569. The lowest BCUT2D eigenvalue weighted by molar-refractivity contribution is 0.0949. The molecule has 0 fully saturated rings. The zero-order chi connectivity index (χ0) is 18.8. The van der Waals surface area contributed by atoms with E-state index in [4.69, 9.17) is 10.5 Å². The number of nitrogens with one attached hydrogen (secondary N) is 1. The zero-order valence-electron chi connectivity index (χ0n) is 14.8. The van der Waals surface area contributed by atoms with Crippen LogP contribution in [0.15, 0.2) is 54.7 Å². The third-order valence-corrected chi connectivity index (χ3v) is 4.41. The molecule has 0 unspecified atom stereocenters. The monoisotopic (exact) mass is 361 g/mol.